The second-order valence-electron chi connectivity index (χ2n) is 3.80. The van der Waals surface area contributed by atoms with Gasteiger partial charge in [-0.15, -0.1) is 0 Å². The van der Waals surface area contributed by atoms with Gasteiger partial charge in [-0.2, -0.15) is 5.10 Å². The van der Waals surface area contributed by atoms with E-state index in [1.54, 1.807) is 7.05 Å². The lowest BCUT2D eigenvalue weighted by atomic mass is 10.2. The summed E-state index contributed by atoms with van der Waals surface area (Å²) in [6, 6.07) is 0. The molecule has 100 valence electrons. The molecule has 0 spiro atoms. The first-order valence-electron chi connectivity index (χ1n) is 5.13. The average Bonchev–Trinajstić information content (AvgIpc) is 2.68. The highest BCUT2D eigenvalue weighted by Crippen LogP contribution is 2.09. The van der Waals surface area contributed by atoms with Gasteiger partial charge in [0.15, 0.2) is 0 Å². The van der Waals surface area contributed by atoms with Crippen molar-refractivity contribution in [2.75, 3.05) is 0 Å². The van der Waals surface area contributed by atoms with Crippen molar-refractivity contribution in [3.8, 4) is 0 Å². The molecule has 0 amide bonds. The molecule has 0 atom stereocenters. The minimum atomic E-state index is -1.13. The van der Waals surface area contributed by atoms with Gasteiger partial charge in [0.05, 0.1) is 22.9 Å². The lowest BCUT2D eigenvalue weighted by molar-refractivity contribution is 0.0695. The summed E-state index contributed by atoms with van der Waals surface area (Å²) in [5.74, 6) is -1.13. The molecule has 0 unspecified atom stereocenters. The largest absolute Gasteiger partial charge is 0.478 e. The number of hydrogen-bond acceptors (Lipinski definition) is 4. The third-order valence-electron chi connectivity index (χ3n) is 2.58. The van der Waals surface area contributed by atoms with E-state index in [1.165, 1.54) is 21.6 Å². The van der Waals surface area contributed by atoms with E-state index in [4.69, 9.17) is 5.11 Å². The van der Waals surface area contributed by atoms with Crippen LogP contribution in [0.2, 0.25) is 0 Å². The lowest BCUT2D eigenvalue weighted by Crippen LogP contribution is -2.31. The first-order chi connectivity index (χ1) is 8.90. The van der Waals surface area contributed by atoms with Gasteiger partial charge < -0.3 is 5.11 Å². The highest BCUT2D eigenvalue weighted by molar-refractivity contribution is 9.10. The molecule has 0 saturated carbocycles. The van der Waals surface area contributed by atoms with Crippen LogP contribution in [0.25, 0.3) is 0 Å². The number of halogens is 1. The molecule has 19 heavy (non-hydrogen) atoms. The van der Waals surface area contributed by atoms with Crippen LogP contribution in [0.15, 0.2) is 26.5 Å². The Balaban J connectivity index is 2.50. The number of carboxylic acid groups (broad SMARTS) is 1. The zero-order chi connectivity index (χ0) is 14.2. The molecular formula is C10H9BrN4O4. The van der Waals surface area contributed by atoms with E-state index >= 15 is 0 Å². The number of rotatable bonds is 3. The molecule has 0 saturated heterocycles. The van der Waals surface area contributed by atoms with Gasteiger partial charge in [0.25, 0.3) is 5.56 Å². The number of aromatic nitrogens is 4. The third kappa shape index (κ3) is 2.50. The Morgan fingerprint density at radius 2 is 2.21 bits per heavy atom. The first-order valence-corrected chi connectivity index (χ1v) is 5.93. The van der Waals surface area contributed by atoms with Gasteiger partial charge in [-0.05, 0) is 15.9 Å². The van der Waals surface area contributed by atoms with E-state index in [0.29, 0.717) is 5.69 Å². The normalized spacial score (nSPS) is 10.6. The number of aromatic carboxylic acids is 1. The van der Waals surface area contributed by atoms with E-state index in [9.17, 15) is 14.4 Å². The summed E-state index contributed by atoms with van der Waals surface area (Å²) in [6.45, 7) is -0.00759. The molecular weight excluding hydrogens is 320 g/mol. The minimum Gasteiger partial charge on any atom is -0.478 e. The van der Waals surface area contributed by atoms with E-state index in [0.717, 1.165) is 0 Å². The van der Waals surface area contributed by atoms with Gasteiger partial charge in [-0.3, -0.25) is 19.0 Å². The van der Waals surface area contributed by atoms with Crippen LogP contribution < -0.4 is 11.2 Å². The zero-order valence-corrected chi connectivity index (χ0v) is 11.3. The number of carbonyl (C=O) groups is 1. The summed E-state index contributed by atoms with van der Waals surface area (Å²) in [7, 11) is 1.58. The molecule has 0 aliphatic carbocycles. The summed E-state index contributed by atoms with van der Waals surface area (Å²) in [5.41, 5.74) is -0.791. The van der Waals surface area contributed by atoms with Crippen LogP contribution >= 0.6 is 15.9 Å². The highest BCUT2D eigenvalue weighted by Gasteiger charge is 2.16. The SMILES string of the molecule is Cn1ncc(C(=O)O)c1Cn1cc(Br)c(=O)[nH]c1=O. The maximum absolute atomic E-state index is 11.6. The zero-order valence-electron chi connectivity index (χ0n) is 9.75. The number of nitrogens with one attached hydrogen (secondary N) is 1. The van der Waals surface area contributed by atoms with Crippen molar-refractivity contribution < 1.29 is 9.90 Å². The molecule has 0 aromatic carbocycles. The van der Waals surface area contributed by atoms with E-state index < -0.39 is 17.2 Å². The van der Waals surface area contributed by atoms with Gasteiger partial charge in [-0.1, -0.05) is 0 Å². The van der Waals surface area contributed by atoms with Crippen LogP contribution in [0, 0.1) is 0 Å². The van der Waals surface area contributed by atoms with E-state index in [-0.39, 0.29) is 16.6 Å². The predicted molar refractivity (Wildman–Crippen MR) is 68.3 cm³/mol. The van der Waals surface area contributed by atoms with Crippen LogP contribution in [0.3, 0.4) is 0 Å². The molecule has 2 heterocycles. The quantitative estimate of drug-likeness (QED) is 0.809. The first kappa shape index (κ1) is 13.3. The maximum Gasteiger partial charge on any atom is 0.339 e. The second kappa shape index (κ2) is 4.84. The Labute approximate surface area is 114 Å². The van der Waals surface area contributed by atoms with Crippen molar-refractivity contribution in [2.45, 2.75) is 6.54 Å². The predicted octanol–water partition coefficient (Wildman–Crippen LogP) is -0.221. The molecule has 8 nitrogen and oxygen atoms in total. The number of aromatic amines is 1. The van der Waals surface area contributed by atoms with Crippen LogP contribution in [0.1, 0.15) is 16.1 Å². The van der Waals surface area contributed by atoms with E-state index in [1.807, 2.05) is 0 Å². The summed E-state index contributed by atoms with van der Waals surface area (Å²) in [5, 5.41) is 12.9. The number of aryl methyl sites for hydroxylation is 1. The Bertz CT molecular complexity index is 758. The van der Waals surface area contributed by atoms with Crippen molar-refractivity contribution >= 4 is 21.9 Å². The molecule has 2 N–H and O–H groups in total. The minimum absolute atomic E-state index is 0.00759. The molecule has 0 radical (unpaired) electrons. The van der Waals surface area contributed by atoms with Gasteiger partial charge >= 0.3 is 11.7 Å². The van der Waals surface area contributed by atoms with Crippen LogP contribution in [-0.2, 0) is 13.6 Å². The number of H-pyrrole nitrogens is 1. The standard InChI is InChI=1S/C10H9BrN4O4/c1-14-7(5(2-12-14)9(17)18)4-15-3-6(11)8(16)13-10(15)19/h2-3H,4H2,1H3,(H,17,18)(H,13,16,19). The highest BCUT2D eigenvalue weighted by atomic mass is 79.9. The molecule has 2 aromatic rings. The molecule has 0 bridgehead atoms. The average molecular weight is 329 g/mol. The summed E-state index contributed by atoms with van der Waals surface area (Å²) >= 11 is 3.01. The fourth-order valence-corrected chi connectivity index (χ4v) is 1.94. The van der Waals surface area contributed by atoms with E-state index in [2.05, 4.69) is 26.0 Å². The van der Waals surface area contributed by atoms with Crippen molar-refractivity contribution in [3.05, 3.63) is 49.0 Å². The van der Waals surface area contributed by atoms with Crippen molar-refractivity contribution in [2.24, 2.45) is 7.05 Å². The molecule has 0 fully saturated rings. The Morgan fingerprint density at radius 1 is 1.53 bits per heavy atom. The third-order valence-corrected chi connectivity index (χ3v) is 3.14. The molecule has 2 aromatic heterocycles. The Hall–Kier alpha value is -2.16. The number of carboxylic acids is 1. The summed E-state index contributed by atoms with van der Waals surface area (Å²) in [6.07, 6.45) is 2.52. The monoisotopic (exact) mass is 328 g/mol. The lowest BCUT2D eigenvalue weighted by Gasteiger charge is -2.07. The smallest absolute Gasteiger partial charge is 0.339 e. The Morgan fingerprint density at radius 3 is 2.84 bits per heavy atom. The molecule has 0 aliphatic heterocycles. The van der Waals surface area contributed by atoms with Crippen LogP contribution in [0.5, 0.6) is 0 Å². The fourth-order valence-electron chi connectivity index (χ4n) is 1.59. The second-order valence-corrected chi connectivity index (χ2v) is 4.65. The fraction of sp³-hybridized carbons (Fsp3) is 0.200. The Kier molecular flexibility index (Phi) is 3.38. The van der Waals surface area contributed by atoms with Crippen LogP contribution in [0.4, 0.5) is 0 Å². The summed E-state index contributed by atoms with van der Waals surface area (Å²) < 4.78 is 2.75. The van der Waals surface area contributed by atoms with Crippen molar-refractivity contribution in [1.82, 2.24) is 19.3 Å². The molecule has 0 aliphatic rings. The van der Waals surface area contributed by atoms with Gasteiger partial charge in [0.2, 0.25) is 0 Å². The number of nitrogens with zero attached hydrogens (tertiary/aromatic N) is 3. The summed E-state index contributed by atoms with van der Waals surface area (Å²) in [4.78, 5) is 36.0. The van der Waals surface area contributed by atoms with Crippen molar-refractivity contribution in [1.29, 1.82) is 0 Å². The van der Waals surface area contributed by atoms with Crippen molar-refractivity contribution in [3.63, 3.8) is 0 Å². The number of hydrogen-bond donors (Lipinski definition) is 2. The van der Waals surface area contributed by atoms with Gasteiger partial charge in [-0.25, -0.2) is 9.59 Å². The molecule has 2 rings (SSSR count). The van der Waals surface area contributed by atoms with Crippen LogP contribution in [-0.4, -0.2) is 30.4 Å². The topological polar surface area (TPSA) is 110 Å². The molecule has 9 heteroatoms. The maximum atomic E-state index is 11.6. The van der Waals surface area contributed by atoms with Gasteiger partial charge in [0.1, 0.15) is 5.56 Å². The van der Waals surface area contributed by atoms with Gasteiger partial charge in [0, 0.05) is 13.2 Å².